The lowest BCUT2D eigenvalue weighted by atomic mass is 10.2. The fourth-order valence-corrected chi connectivity index (χ4v) is 1.47. The lowest BCUT2D eigenvalue weighted by Gasteiger charge is -2.07. The van der Waals surface area contributed by atoms with Crippen molar-refractivity contribution in [3.05, 3.63) is 39.9 Å². The highest BCUT2D eigenvalue weighted by atomic mass is 32.1. The molecule has 0 aliphatic rings. The summed E-state index contributed by atoms with van der Waals surface area (Å²) in [7, 11) is 0. The van der Waals surface area contributed by atoms with Crippen LogP contribution in [0.25, 0.3) is 0 Å². The van der Waals surface area contributed by atoms with Gasteiger partial charge in [-0.25, -0.2) is 0 Å². The molecule has 1 aromatic rings. The molecule has 0 fully saturated rings. The predicted molar refractivity (Wildman–Crippen MR) is 70.1 cm³/mol. The number of hydrogen-bond donors (Lipinski definition) is 1. The first kappa shape index (κ1) is 14.0. The van der Waals surface area contributed by atoms with Crippen LogP contribution in [0, 0.1) is 17.0 Å². The Balaban J connectivity index is 2.66. The maximum atomic E-state index is 10.2. The molecule has 18 heavy (non-hydrogen) atoms. The topological polar surface area (TPSA) is 85.0 Å². The minimum Gasteiger partial charge on any atom is -0.444 e. The molecule has 0 amide bonds. The Morgan fingerprint density at radius 2 is 2.33 bits per heavy atom. The van der Waals surface area contributed by atoms with Gasteiger partial charge < -0.3 is 9.94 Å². The van der Waals surface area contributed by atoms with E-state index >= 15 is 0 Å². The first-order valence-corrected chi connectivity index (χ1v) is 5.55. The number of aryl methyl sites for hydroxylation is 1. The summed E-state index contributed by atoms with van der Waals surface area (Å²) in [5, 5.41) is 21.8. The van der Waals surface area contributed by atoms with Crippen molar-refractivity contribution in [3.8, 4) is 5.75 Å². The second-order valence-electron chi connectivity index (χ2n) is 3.56. The Labute approximate surface area is 109 Å². The van der Waals surface area contributed by atoms with Crippen molar-refractivity contribution in [3.63, 3.8) is 0 Å². The second-order valence-corrected chi connectivity index (χ2v) is 3.93. The lowest BCUT2D eigenvalue weighted by Crippen LogP contribution is -2.21. The van der Waals surface area contributed by atoms with E-state index < -0.39 is 4.92 Å². The number of rotatable bonds is 5. The third kappa shape index (κ3) is 4.46. The zero-order chi connectivity index (χ0) is 13.5. The van der Waals surface area contributed by atoms with Crippen molar-refractivity contribution in [1.82, 2.24) is 0 Å². The molecular weight excluding hydrogens is 256 g/mol. The molecule has 0 aliphatic carbocycles. The van der Waals surface area contributed by atoms with Crippen LogP contribution in [-0.4, -0.2) is 27.4 Å². The quantitative estimate of drug-likeness (QED) is 0.291. The Kier molecular flexibility index (Phi) is 5.19. The number of oxime groups is 1. The third-order valence-electron chi connectivity index (χ3n) is 2.09. The van der Waals surface area contributed by atoms with E-state index in [4.69, 9.17) is 22.2 Å². The molecule has 0 heterocycles. The molecule has 0 atom stereocenters. The average Bonchev–Trinajstić information content (AvgIpc) is 2.29. The van der Waals surface area contributed by atoms with Crippen molar-refractivity contribution in [2.24, 2.45) is 5.16 Å². The van der Waals surface area contributed by atoms with E-state index in [0.29, 0.717) is 5.75 Å². The third-order valence-corrected chi connectivity index (χ3v) is 2.41. The highest BCUT2D eigenvalue weighted by molar-refractivity contribution is 7.81. The molecule has 1 N–H and O–H groups in total. The summed E-state index contributed by atoms with van der Waals surface area (Å²) in [6.45, 7) is 1.53. The largest absolute Gasteiger partial charge is 0.444 e. The van der Waals surface area contributed by atoms with Gasteiger partial charge in [-0.1, -0.05) is 17.3 Å². The number of nitro groups is 1. The summed E-state index contributed by atoms with van der Waals surface area (Å²) in [5.41, 5.74) is 0.978. The van der Waals surface area contributed by atoms with Gasteiger partial charge in [-0.3, -0.25) is 10.1 Å². The van der Waals surface area contributed by atoms with Crippen molar-refractivity contribution >= 4 is 23.0 Å². The molecule has 6 nitrogen and oxygen atoms in total. The fourth-order valence-electron chi connectivity index (χ4n) is 1.23. The van der Waals surface area contributed by atoms with E-state index in [9.17, 15) is 10.1 Å². The van der Waals surface area contributed by atoms with E-state index in [2.05, 4.69) is 5.16 Å². The van der Waals surface area contributed by atoms with E-state index in [0.717, 1.165) is 5.56 Å². The predicted octanol–water partition coefficient (Wildman–Crippen LogP) is 2.20. The van der Waals surface area contributed by atoms with Gasteiger partial charge in [0.25, 0.3) is 0 Å². The second kappa shape index (κ2) is 6.65. The molecule has 1 aromatic carbocycles. The van der Waals surface area contributed by atoms with Crippen molar-refractivity contribution in [2.75, 3.05) is 6.54 Å². The Bertz CT molecular complexity index is 488. The van der Waals surface area contributed by atoms with Crippen molar-refractivity contribution < 1.29 is 14.9 Å². The Morgan fingerprint density at radius 3 is 2.89 bits per heavy atom. The van der Waals surface area contributed by atoms with Gasteiger partial charge in [0, 0.05) is 4.92 Å². The number of thiocarbonyl (C=S) groups is 1. The monoisotopic (exact) mass is 268 g/mol. The van der Waals surface area contributed by atoms with E-state index in [1.807, 2.05) is 13.0 Å². The summed E-state index contributed by atoms with van der Waals surface area (Å²) in [6, 6.07) is 7.14. The number of hydrogen-bond acceptors (Lipinski definition) is 6. The molecule has 0 aromatic heterocycles. The van der Waals surface area contributed by atoms with E-state index in [-0.39, 0.29) is 23.7 Å². The summed E-state index contributed by atoms with van der Waals surface area (Å²) >= 11 is 4.92. The van der Waals surface area contributed by atoms with Gasteiger partial charge in [0.05, 0.1) is 6.42 Å². The van der Waals surface area contributed by atoms with Crippen molar-refractivity contribution in [1.29, 1.82) is 0 Å². The normalized spacial score (nSPS) is 11.1. The van der Waals surface area contributed by atoms with E-state index in [1.165, 1.54) is 0 Å². The minimum absolute atomic E-state index is 0.0109. The molecule has 96 valence electrons. The van der Waals surface area contributed by atoms with Crippen LogP contribution in [0.5, 0.6) is 5.75 Å². The van der Waals surface area contributed by atoms with Gasteiger partial charge >= 0.3 is 0 Å². The van der Waals surface area contributed by atoms with Crippen LogP contribution in [0.3, 0.4) is 0 Å². The van der Waals surface area contributed by atoms with Crippen LogP contribution >= 0.6 is 12.2 Å². The van der Waals surface area contributed by atoms with Gasteiger partial charge in [-0.05, 0) is 36.8 Å². The van der Waals surface area contributed by atoms with Crippen molar-refractivity contribution in [2.45, 2.75) is 13.3 Å². The van der Waals surface area contributed by atoms with Gasteiger partial charge in [-0.2, -0.15) is 0 Å². The molecule has 1 rings (SSSR count). The van der Waals surface area contributed by atoms with Gasteiger partial charge in [0.2, 0.25) is 11.6 Å². The Hall–Kier alpha value is -2.02. The first-order chi connectivity index (χ1) is 8.52. The standard InChI is InChI=1S/C11H12N2O4S/c1-8-3-2-4-9(7-8)17-11(18)10(12-14)5-6-13(15)16/h2-4,7,14H,5-6H2,1H3. The highest BCUT2D eigenvalue weighted by Crippen LogP contribution is 2.13. The SMILES string of the molecule is Cc1cccc(OC(=S)C(CC[N+](=O)[O-])=NO)c1. The molecule has 0 radical (unpaired) electrons. The molecule has 0 unspecified atom stereocenters. The smallest absolute Gasteiger partial charge is 0.215 e. The molecule has 7 heteroatoms. The van der Waals surface area contributed by atoms with Gasteiger partial charge in [0.1, 0.15) is 11.5 Å². The molecule has 0 saturated carbocycles. The molecule has 0 aliphatic heterocycles. The summed E-state index contributed by atoms with van der Waals surface area (Å²) in [5.74, 6) is 0.502. The number of nitrogens with zero attached hydrogens (tertiary/aromatic N) is 2. The summed E-state index contributed by atoms with van der Waals surface area (Å²) < 4.78 is 5.30. The van der Waals surface area contributed by atoms with Crippen LogP contribution in [0.1, 0.15) is 12.0 Å². The number of benzene rings is 1. The molecule has 0 saturated heterocycles. The van der Waals surface area contributed by atoms with Crippen LogP contribution in [0.4, 0.5) is 0 Å². The Morgan fingerprint density at radius 1 is 1.61 bits per heavy atom. The highest BCUT2D eigenvalue weighted by Gasteiger charge is 2.13. The molecule has 0 spiro atoms. The van der Waals surface area contributed by atoms with E-state index in [1.54, 1.807) is 18.2 Å². The van der Waals surface area contributed by atoms with Crippen LogP contribution in [0.15, 0.2) is 29.4 Å². The first-order valence-electron chi connectivity index (χ1n) is 5.14. The maximum Gasteiger partial charge on any atom is 0.215 e. The summed E-state index contributed by atoms with van der Waals surface area (Å²) in [6.07, 6.45) is -0.0752. The lowest BCUT2D eigenvalue weighted by molar-refractivity contribution is -0.478. The van der Waals surface area contributed by atoms with Crippen LogP contribution in [0.2, 0.25) is 0 Å². The zero-order valence-corrected chi connectivity index (χ0v) is 10.5. The molecule has 0 bridgehead atoms. The maximum absolute atomic E-state index is 10.2. The zero-order valence-electron chi connectivity index (χ0n) is 9.70. The van der Waals surface area contributed by atoms with Crippen LogP contribution in [-0.2, 0) is 0 Å². The number of ether oxygens (including phenoxy) is 1. The average molecular weight is 268 g/mol. The molecular formula is C11H12N2O4S. The fraction of sp³-hybridized carbons (Fsp3) is 0.273. The summed E-state index contributed by atoms with van der Waals surface area (Å²) in [4.78, 5) is 9.72. The minimum atomic E-state index is -0.513. The van der Waals surface area contributed by atoms with Gasteiger partial charge in [-0.15, -0.1) is 0 Å². The van der Waals surface area contributed by atoms with Gasteiger partial charge in [0.15, 0.2) is 0 Å². The van der Waals surface area contributed by atoms with Crippen LogP contribution < -0.4 is 4.74 Å².